The van der Waals surface area contributed by atoms with Gasteiger partial charge in [0, 0.05) is 12.1 Å². The Kier molecular flexibility index (Phi) is 3.81. The summed E-state index contributed by atoms with van der Waals surface area (Å²) in [6.07, 6.45) is 0.824. The molecule has 0 fully saturated rings. The fraction of sp³-hybridized carbons (Fsp3) is 0.273. The van der Waals surface area contributed by atoms with Gasteiger partial charge in [0.2, 0.25) is 0 Å². The van der Waals surface area contributed by atoms with E-state index >= 15 is 0 Å². The van der Waals surface area contributed by atoms with Crippen LogP contribution in [0.4, 0.5) is 4.39 Å². The first-order chi connectivity index (χ1) is 7.19. The molecule has 0 aromatic heterocycles. The van der Waals surface area contributed by atoms with Crippen LogP contribution < -0.4 is 5.32 Å². The van der Waals surface area contributed by atoms with Crippen molar-refractivity contribution in [2.45, 2.75) is 13.3 Å². The first-order valence-corrected chi connectivity index (χ1v) is 4.67. The molecule has 3 nitrogen and oxygen atoms in total. The summed E-state index contributed by atoms with van der Waals surface area (Å²) >= 11 is 0. The van der Waals surface area contributed by atoms with Crippen molar-refractivity contribution in [3.63, 3.8) is 0 Å². The fourth-order valence-electron chi connectivity index (χ4n) is 1.09. The summed E-state index contributed by atoms with van der Waals surface area (Å²) in [5, 5.41) is 11.1. The third kappa shape index (κ3) is 2.78. The average molecular weight is 206 g/mol. The van der Waals surface area contributed by atoms with Crippen molar-refractivity contribution in [2.24, 2.45) is 0 Å². The minimum absolute atomic E-state index is 0.0537. The molecule has 15 heavy (non-hydrogen) atoms. The number of amides is 1. The first-order valence-electron chi connectivity index (χ1n) is 4.67. The normalized spacial score (nSPS) is 9.40. The maximum absolute atomic E-state index is 13.1. The van der Waals surface area contributed by atoms with E-state index in [4.69, 9.17) is 5.26 Å². The van der Waals surface area contributed by atoms with Crippen LogP contribution in [0.2, 0.25) is 0 Å². The van der Waals surface area contributed by atoms with E-state index < -0.39 is 5.82 Å². The molecule has 1 rings (SSSR count). The molecule has 1 aromatic carbocycles. The highest BCUT2D eigenvalue weighted by Crippen LogP contribution is 2.09. The van der Waals surface area contributed by atoms with Gasteiger partial charge in [0.25, 0.3) is 5.91 Å². The smallest absolute Gasteiger partial charge is 0.251 e. The summed E-state index contributed by atoms with van der Waals surface area (Å²) in [4.78, 5) is 11.4. The lowest BCUT2D eigenvalue weighted by Crippen LogP contribution is -2.24. The van der Waals surface area contributed by atoms with Crippen LogP contribution in [0.1, 0.15) is 29.3 Å². The molecule has 0 saturated carbocycles. The zero-order chi connectivity index (χ0) is 11.3. The van der Waals surface area contributed by atoms with Crippen LogP contribution in [-0.2, 0) is 0 Å². The molecule has 0 unspecified atom stereocenters. The van der Waals surface area contributed by atoms with E-state index in [0.717, 1.165) is 12.5 Å². The van der Waals surface area contributed by atoms with Crippen molar-refractivity contribution >= 4 is 5.91 Å². The van der Waals surface area contributed by atoms with E-state index in [9.17, 15) is 9.18 Å². The van der Waals surface area contributed by atoms with Gasteiger partial charge in [0.1, 0.15) is 11.9 Å². The number of hydrogen-bond acceptors (Lipinski definition) is 2. The molecule has 1 N–H and O–H groups in total. The summed E-state index contributed by atoms with van der Waals surface area (Å²) in [5.41, 5.74) is 0.182. The van der Waals surface area contributed by atoms with Crippen LogP contribution in [0.5, 0.6) is 0 Å². The highest BCUT2D eigenvalue weighted by atomic mass is 19.1. The van der Waals surface area contributed by atoms with Crippen molar-refractivity contribution in [3.05, 3.63) is 35.1 Å². The van der Waals surface area contributed by atoms with Gasteiger partial charge in [-0.3, -0.25) is 4.79 Å². The zero-order valence-electron chi connectivity index (χ0n) is 8.38. The Hall–Kier alpha value is -1.89. The summed E-state index contributed by atoms with van der Waals surface area (Å²) in [6.45, 7) is 2.49. The summed E-state index contributed by atoms with van der Waals surface area (Å²) < 4.78 is 13.1. The molecule has 0 atom stereocenters. The van der Waals surface area contributed by atoms with Gasteiger partial charge in [-0.25, -0.2) is 4.39 Å². The minimum Gasteiger partial charge on any atom is -0.352 e. The quantitative estimate of drug-likeness (QED) is 0.820. The number of nitrogens with one attached hydrogen (secondary N) is 1. The van der Waals surface area contributed by atoms with E-state index in [0.29, 0.717) is 6.54 Å². The summed E-state index contributed by atoms with van der Waals surface area (Å²) in [6, 6.07) is 5.51. The fourth-order valence-corrected chi connectivity index (χ4v) is 1.09. The number of hydrogen-bond donors (Lipinski definition) is 1. The molecule has 4 heteroatoms. The molecule has 1 aromatic rings. The van der Waals surface area contributed by atoms with Gasteiger partial charge >= 0.3 is 0 Å². The third-order valence-electron chi connectivity index (χ3n) is 1.89. The molecule has 0 radical (unpaired) electrons. The maximum atomic E-state index is 13.1. The highest BCUT2D eigenvalue weighted by molar-refractivity contribution is 5.94. The van der Waals surface area contributed by atoms with E-state index in [-0.39, 0.29) is 17.0 Å². The van der Waals surface area contributed by atoms with Crippen molar-refractivity contribution in [3.8, 4) is 6.07 Å². The second-order valence-corrected chi connectivity index (χ2v) is 3.06. The number of carbonyl (C=O) groups excluding carboxylic acids is 1. The van der Waals surface area contributed by atoms with Gasteiger partial charge < -0.3 is 5.32 Å². The maximum Gasteiger partial charge on any atom is 0.251 e. The van der Waals surface area contributed by atoms with Crippen molar-refractivity contribution in [1.29, 1.82) is 5.26 Å². The van der Waals surface area contributed by atoms with E-state index in [1.165, 1.54) is 12.1 Å². The van der Waals surface area contributed by atoms with Crippen LogP contribution in [0.15, 0.2) is 18.2 Å². The standard InChI is InChI=1S/C11H11FN2O/c1-2-5-14-11(15)8-3-4-9(7-13)10(12)6-8/h3-4,6H,2,5H2,1H3,(H,14,15). The van der Waals surface area contributed by atoms with Gasteiger partial charge in [-0.1, -0.05) is 6.92 Å². The second kappa shape index (κ2) is 5.11. The summed E-state index contributed by atoms with van der Waals surface area (Å²) in [7, 11) is 0. The number of halogens is 1. The molecule has 78 valence electrons. The molecule has 0 spiro atoms. The molecular formula is C11H11FN2O. The number of nitrogens with zero attached hydrogens (tertiary/aromatic N) is 1. The van der Waals surface area contributed by atoms with E-state index in [1.807, 2.05) is 6.92 Å². The Morgan fingerprint density at radius 1 is 1.60 bits per heavy atom. The molecule has 0 saturated heterocycles. The largest absolute Gasteiger partial charge is 0.352 e. The van der Waals surface area contributed by atoms with Crippen molar-refractivity contribution < 1.29 is 9.18 Å². The first kappa shape index (κ1) is 11.2. The third-order valence-corrected chi connectivity index (χ3v) is 1.89. The number of nitriles is 1. The van der Waals surface area contributed by atoms with Crippen LogP contribution in [0, 0.1) is 17.1 Å². The average Bonchev–Trinajstić information content (AvgIpc) is 2.25. The number of rotatable bonds is 3. The Morgan fingerprint density at radius 2 is 2.33 bits per heavy atom. The molecular weight excluding hydrogens is 195 g/mol. The molecule has 1 amide bonds. The highest BCUT2D eigenvalue weighted by Gasteiger charge is 2.08. The van der Waals surface area contributed by atoms with Gasteiger partial charge in [0.15, 0.2) is 0 Å². The molecule has 0 bridgehead atoms. The topological polar surface area (TPSA) is 52.9 Å². The Bertz CT molecular complexity index is 410. The van der Waals surface area contributed by atoms with Crippen molar-refractivity contribution in [1.82, 2.24) is 5.32 Å². The lowest BCUT2D eigenvalue weighted by molar-refractivity contribution is 0.0953. The summed E-state index contributed by atoms with van der Waals surface area (Å²) in [5.74, 6) is -0.984. The van der Waals surface area contributed by atoms with Crippen LogP contribution in [-0.4, -0.2) is 12.5 Å². The predicted molar refractivity (Wildman–Crippen MR) is 53.7 cm³/mol. The lowest BCUT2D eigenvalue weighted by Gasteiger charge is -2.03. The minimum atomic E-state index is -0.665. The number of carbonyl (C=O) groups is 1. The predicted octanol–water partition coefficient (Wildman–Crippen LogP) is 1.84. The van der Waals surface area contributed by atoms with Crippen LogP contribution in [0.25, 0.3) is 0 Å². The Labute approximate surface area is 87.5 Å². The van der Waals surface area contributed by atoms with Gasteiger partial charge in [-0.2, -0.15) is 5.26 Å². The van der Waals surface area contributed by atoms with Crippen LogP contribution >= 0.6 is 0 Å². The molecule has 0 heterocycles. The van der Waals surface area contributed by atoms with E-state index in [1.54, 1.807) is 6.07 Å². The SMILES string of the molecule is CCCNC(=O)c1ccc(C#N)c(F)c1. The second-order valence-electron chi connectivity index (χ2n) is 3.06. The Balaban J connectivity index is 2.84. The van der Waals surface area contributed by atoms with Crippen molar-refractivity contribution in [2.75, 3.05) is 6.54 Å². The van der Waals surface area contributed by atoms with Gasteiger partial charge in [-0.15, -0.1) is 0 Å². The molecule has 0 aliphatic rings. The van der Waals surface area contributed by atoms with Gasteiger partial charge in [0.05, 0.1) is 5.56 Å². The lowest BCUT2D eigenvalue weighted by atomic mass is 10.1. The van der Waals surface area contributed by atoms with E-state index in [2.05, 4.69) is 5.32 Å². The number of benzene rings is 1. The zero-order valence-corrected chi connectivity index (χ0v) is 8.38. The van der Waals surface area contributed by atoms with Gasteiger partial charge in [-0.05, 0) is 24.6 Å². The van der Waals surface area contributed by atoms with Crippen LogP contribution in [0.3, 0.4) is 0 Å². The monoisotopic (exact) mass is 206 g/mol. The molecule has 0 aliphatic carbocycles. The Morgan fingerprint density at radius 3 is 2.87 bits per heavy atom. The molecule has 0 aliphatic heterocycles.